The second-order valence-electron chi connectivity index (χ2n) is 6.66. The number of fused-ring (bicyclic) bond motifs is 1. The number of carbonyl (C=O) groups excluding carboxylic acids is 3. The van der Waals surface area contributed by atoms with Crippen LogP contribution in [0.15, 0.2) is 57.7 Å². The number of esters is 1. The molecule has 0 aliphatic rings. The van der Waals surface area contributed by atoms with Gasteiger partial charge in [0.1, 0.15) is 17.4 Å². The van der Waals surface area contributed by atoms with Gasteiger partial charge in [-0.2, -0.15) is 0 Å². The fourth-order valence-electron chi connectivity index (χ4n) is 3.10. The molecule has 0 aliphatic heterocycles. The standard InChI is InChI=1S/C22H20N2O7/c1-29-15-6-7-16-14(10-19(25)31-18(16)11-15)9-17(20(23)26)24-21(27)12-4-3-5-13(8-12)22(28)30-2/h3-8,10-11,17H,9H2,1-2H3,(H2,23,26)(H,24,27)/t17-/m1/s1. The Hall–Kier alpha value is -4.14. The molecule has 0 aliphatic carbocycles. The van der Waals surface area contributed by atoms with E-state index in [2.05, 4.69) is 10.1 Å². The van der Waals surface area contributed by atoms with Gasteiger partial charge in [-0.05, 0) is 35.9 Å². The van der Waals surface area contributed by atoms with Crippen LogP contribution in [0.25, 0.3) is 11.0 Å². The van der Waals surface area contributed by atoms with Gasteiger partial charge in [0.15, 0.2) is 0 Å². The number of benzene rings is 2. The topological polar surface area (TPSA) is 138 Å². The van der Waals surface area contributed by atoms with Crippen molar-refractivity contribution in [1.29, 1.82) is 0 Å². The van der Waals surface area contributed by atoms with Gasteiger partial charge < -0.3 is 24.9 Å². The lowest BCUT2D eigenvalue weighted by Crippen LogP contribution is -2.46. The predicted molar refractivity (Wildman–Crippen MR) is 111 cm³/mol. The number of nitrogens with one attached hydrogen (secondary N) is 1. The van der Waals surface area contributed by atoms with E-state index in [4.69, 9.17) is 14.9 Å². The molecule has 3 N–H and O–H groups in total. The molecule has 1 aromatic heterocycles. The molecule has 160 valence electrons. The second-order valence-corrected chi connectivity index (χ2v) is 6.66. The number of amides is 2. The molecule has 3 aromatic rings. The highest BCUT2D eigenvalue weighted by molar-refractivity contribution is 6.00. The maximum atomic E-state index is 12.7. The van der Waals surface area contributed by atoms with Crippen molar-refractivity contribution in [3.05, 3.63) is 75.6 Å². The molecule has 0 spiro atoms. The van der Waals surface area contributed by atoms with Gasteiger partial charge in [0.25, 0.3) is 5.91 Å². The number of nitrogens with two attached hydrogens (primary N) is 1. The monoisotopic (exact) mass is 424 g/mol. The number of primary amides is 1. The summed E-state index contributed by atoms with van der Waals surface area (Å²) in [4.78, 5) is 48.3. The highest BCUT2D eigenvalue weighted by Crippen LogP contribution is 2.23. The first-order valence-electron chi connectivity index (χ1n) is 9.21. The lowest BCUT2D eigenvalue weighted by molar-refractivity contribution is -0.119. The van der Waals surface area contributed by atoms with E-state index < -0.39 is 29.5 Å². The van der Waals surface area contributed by atoms with Gasteiger partial charge in [-0.15, -0.1) is 0 Å². The SMILES string of the molecule is COC(=O)c1cccc(C(=O)N[C@H](Cc2cc(=O)oc3cc(OC)ccc23)C(N)=O)c1. The molecule has 0 unspecified atom stereocenters. The van der Waals surface area contributed by atoms with Crippen LogP contribution < -0.4 is 21.4 Å². The Morgan fingerprint density at radius 2 is 1.81 bits per heavy atom. The summed E-state index contributed by atoms with van der Waals surface area (Å²) in [7, 11) is 2.71. The van der Waals surface area contributed by atoms with Crippen molar-refractivity contribution in [2.45, 2.75) is 12.5 Å². The van der Waals surface area contributed by atoms with E-state index in [1.807, 2.05) is 0 Å². The van der Waals surface area contributed by atoms with Gasteiger partial charge in [0, 0.05) is 29.5 Å². The summed E-state index contributed by atoms with van der Waals surface area (Å²) >= 11 is 0. The minimum absolute atomic E-state index is 0.0355. The molecule has 2 aromatic carbocycles. The average molecular weight is 424 g/mol. The summed E-state index contributed by atoms with van der Waals surface area (Å²) in [6, 6.07) is 10.9. The van der Waals surface area contributed by atoms with Gasteiger partial charge in [-0.3, -0.25) is 9.59 Å². The molecule has 0 fully saturated rings. The van der Waals surface area contributed by atoms with E-state index in [-0.39, 0.29) is 23.1 Å². The van der Waals surface area contributed by atoms with Crippen LogP contribution >= 0.6 is 0 Å². The summed E-state index contributed by atoms with van der Waals surface area (Å²) in [5.74, 6) is -1.49. The highest BCUT2D eigenvalue weighted by Gasteiger charge is 2.22. The van der Waals surface area contributed by atoms with Crippen molar-refractivity contribution >= 4 is 28.8 Å². The summed E-state index contributed by atoms with van der Waals surface area (Å²) < 4.78 is 15.0. The van der Waals surface area contributed by atoms with E-state index in [0.29, 0.717) is 16.7 Å². The number of methoxy groups -OCH3 is 2. The van der Waals surface area contributed by atoms with E-state index in [1.54, 1.807) is 18.2 Å². The predicted octanol–water partition coefficient (Wildman–Crippen LogP) is 1.41. The maximum Gasteiger partial charge on any atom is 0.337 e. The lowest BCUT2D eigenvalue weighted by atomic mass is 10.0. The second kappa shape index (κ2) is 9.12. The third-order valence-electron chi connectivity index (χ3n) is 4.66. The van der Waals surface area contributed by atoms with Crippen LogP contribution in [-0.2, 0) is 16.0 Å². The first-order valence-corrected chi connectivity index (χ1v) is 9.21. The molecule has 0 bridgehead atoms. The Morgan fingerprint density at radius 1 is 1.06 bits per heavy atom. The molecule has 1 atom stereocenters. The lowest BCUT2D eigenvalue weighted by Gasteiger charge is -2.17. The normalized spacial score (nSPS) is 11.5. The number of ether oxygens (including phenoxy) is 2. The van der Waals surface area contributed by atoms with Gasteiger partial charge in [0.2, 0.25) is 5.91 Å². The van der Waals surface area contributed by atoms with Gasteiger partial charge in [0.05, 0.1) is 19.8 Å². The van der Waals surface area contributed by atoms with Crippen LogP contribution in [0.2, 0.25) is 0 Å². The largest absolute Gasteiger partial charge is 0.497 e. The number of hydrogen-bond acceptors (Lipinski definition) is 7. The van der Waals surface area contributed by atoms with E-state index in [0.717, 1.165) is 0 Å². The Bertz CT molecular complexity index is 1220. The number of carbonyl (C=O) groups is 3. The summed E-state index contributed by atoms with van der Waals surface area (Å²) in [6.45, 7) is 0. The Balaban J connectivity index is 1.89. The molecule has 9 nitrogen and oxygen atoms in total. The molecule has 0 radical (unpaired) electrons. The Labute approximate surface area is 176 Å². The minimum Gasteiger partial charge on any atom is -0.497 e. The van der Waals surface area contributed by atoms with Crippen LogP contribution in [0, 0.1) is 0 Å². The molecule has 2 amide bonds. The Kier molecular flexibility index (Phi) is 6.35. The maximum absolute atomic E-state index is 12.7. The van der Waals surface area contributed by atoms with E-state index in [1.165, 1.54) is 44.6 Å². The van der Waals surface area contributed by atoms with Crippen molar-refractivity contribution in [2.75, 3.05) is 14.2 Å². The summed E-state index contributed by atoms with van der Waals surface area (Å²) in [6.07, 6.45) is -0.0355. The minimum atomic E-state index is -1.11. The number of hydrogen-bond donors (Lipinski definition) is 2. The van der Waals surface area contributed by atoms with Crippen LogP contribution in [0.5, 0.6) is 5.75 Å². The Morgan fingerprint density at radius 3 is 2.48 bits per heavy atom. The summed E-state index contributed by atoms with van der Waals surface area (Å²) in [5.41, 5.74) is 5.96. The van der Waals surface area contributed by atoms with Crippen molar-refractivity contribution in [3.63, 3.8) is 0 Å². The highest BCUT2D eigenvalue weighted by atomic mass is 16.5. The third-order valence-corrected chi connectivity index (χ3v) is 4.66. The number of rotatable bonds is 7. The average Bonchev–Trinajstić information content (AvgIpc) is 2.77. The first kappa shape index (κ1) is 21.6. The molecule has 0 saturated carbocycles. The van der Waals surface area contributed by atoms with Crippen molar-refractivity contribution in [2.24, 2.45) is 5.73 Å². The van der Waals surface area contributed by atoms with Crippen molar-refractivity contribution in [1.82, 2.24) is 5.32 Å². The molecular formula is C22H20N2O7. The van der Waals surface area contributed by atoms with Crippen LogP contribution in [0.4, 0.5) is 0 Å². The van der Waals surface area contributed by atoms with Crippen molar-refractivity contribution in [3.8, 4) is 5.75 Å². The van der Waals surface area contributed by atoms with E-state index in [9.17, 15) is 19.2 Å². The zero-order valence-corrected chi connectivity index (χ0v) is 16.8. The van der Waals surface area contributed by atoms with Crippen molar-refractivity contribution < 1.29 is 28.3 Å². The zero-order chi connectivity index (χ0) is 22.5. The molecule has 3 rings (SSSR count). The fourth-order valence-corrected chi connectivity index (χ4v) is 3.10. The molecule has 1 heterocycles. The third kappa shape index (κ3) is 4.89. The molecule has 31 heavy (non-hydrogen) atoms. The smallest absolute Gasteiger partial charge is 0.337 e. The molecular weight excluding hydrogens is 404 g/mol. The first-order chi connectivity index (χ1) is 14.8. The van der Waals surface area contributed by atoms with E-state index >= 15 is 0 Å². The quantitative estimate of drug-likeness (QED) is 0.432. The summed E-state index contributed by atoms with van der Waals surface area (Å²) in [5, 5.41) is 3.13. The van der Waals surface area contributed by atoms with Crippen LogP contribution in [0.3, 0.4) is 0 Å². The van der Waals surface area contributed by atoms with Gasteiger partial charge in [-0.25, -0.2) is 9.59 Å². The van der Waals surface area contributed by atoms with Gasteiger partial charge >= 0.3 is 11.6 Å². The zero-order valence-electron chi connectivity index (χ0n) is 16.8. The van der Waals surface area contributed by atoms with Crippen LogP contribution in [-0.4, -0.2) is 38.0 Å². The van der Waals surface area contributed by atoms with Gasteiger partial charge in [-0.1, -0.05) is 6.07 Å². The fraction of sp³-hybridized carbons (Fsp3) is 0.182. The van der Waals surface area contributed by atoms with Crippen LogP contribution in [0.1, 0.15) is 26.3 Å². The molecule has 9 heteroatoms. The molecule has 0 saturated heterocycles.